The fourth-order valence-corrected chi connectivity index (χ4v) is 3.52. The molecular weight excluding hydrogens is 226 g/mol. The predicted octanol–water partition coefficient (Wildman–Crippen LogP) is 3.66. The minimum atomic E-state index is 0.636. The molecule has 1 aliphatic heterocycles. The lowest BCUT2D eigenvalue weighted by atomic mass is 9.91. The maximum Gasteiger partial charge on any atom is 0.0417 e. The number of thioether (sulfide) groups is 1. The van der Waals surface area contributed by atoms with Crippen LogP contribution in [0.3, 0.4) is 0 Å². The van der Waals surface area contributed by atoms with Gasteiger partial charge in [0.05, 0.1) is 0 Å². The third kappa shape index (κ3) is 2.68. The van der Waals surface area contributed by atoms with Crippen molar-refractivity contribution >= 4 is 23.4 Å². The van der Waals surface area contributed by atoms with Gasteiger partial charge in [0.1, 0.15) is 0 Å². The second-order valence-corrected chi connectivity index (χ2v) is 5.52. The molecule has 3 heteroatoms. The van der Waals surface area contributed by atoms with Crippen LogP contribution in [0.2, 0.25) is 5.02 Å². The molecule has 1 unspecified atom stereocenters. The molecule has 0 saturated heterocycles. The average molecular weight is 242 g/mol. The Balaban J connectivity index is 2.32. The van der Waals surface area contributed by atoms with Crippen LogP contribution < -0.4 is 5.73 Å². The summed E-state index contributed by atoms with van der Waals surface area (Å²) >= 11 is 7.94. The van der Waals surface area contributed by atoms with Crippen molar-refractivity contribution in [1.29, 1.82) is 0 Å². The quantitative estimate of drug-likeness (QED) is 0.855. The Bertz CT molecular complexity index is 340. The van der Waals surface area contributed by atoms with E-state index in [1.165, 1.54) is 29.1 Å². The van der Waals surface area contributed by atoms with Gasteiger partial charge >= 0.3 is 0 Å². The van der Waals surface area contributed by atoms with Crippen LogP contribution in [-0.2, 0) is 0 Å². The van der Waals surface area contributed by atoms with Crippen molar-refractivity contribution in [3.8, 4) is 0 Å². The number of halogens is 1. The van der Waals surface area contributed by atoms with Gasteiger partial charge in [0.2, 0.25) is 0 Å². The van der Waals surface area contributed by atoms with Crippen molar-refractivity contribution in [2.75, 3.05) is 12.3 Å². The number of rotatable bonds is 2. The first-order valence-electron chi connectivity index (χ1n) is 5.43. The molecular formula is C12H16ClNS. The highest BCUT2D eigenvalue weighted by Crippen LogP contribution is 2.38. The van der Waals surface area contributed by atoms with Crippen LogP contribution in [0.4, 0.5) is 0 Å². The van der Waals surface area contributed by atoms with Gasteiger partial charge in [-0.2, -0.15) is 0 Å². The van der Waals surface area contributed by atoms with Gasteiger partial charge in [-0.15, -0.1) is 11.8 Å². The summed E-state index contributed by atoms with van der Waals surface area (Å²) < 4.78 is 0. The lowest BCUT2D eigenvalue weighted by Gasteiger charge is -2.16. The van der Waals surface area contributed by atoms with Gasteiger partial charge in [-0.1, -0.05) is 17.7 Å². The molecule has 0 saturated carbocycles. The largest absolute Gasteiger partial charge is 0.330 e. The number of hydrogen-bond donors (Lipinski definition) is 1. The molecule has 1 aromatic carbocycles. The molecule has 1 heterocycles. The van der Waals surface area contributed by atoms with Crippen LogP contribution in [-0.4, -0.2) is 12.3 Å². The van der Waals surface area contributed by atoms with Gasteiger partial charge in [0, 0.05) is 9.92 Å². The summed E-state index contributed by atoms with van der Waals surface area (Å²) in [5.41, 5.74) is 7.12. The van der Waals surface area contributed by atoms with E-state index in [1.54, 1.807) is 0 Å². The molecule has 0 spiro atoms. The zero-order chi connectivity index (χ0) is 10.7. The van der Waals surface area contributed by atoms with E-state index in [2.05, 4.69) is 12.1 Å². The van der Waals surface area contributed by atoms with Crippen LogP contribution in [0.15, 0.2) is 23.1 Å². The molecule has 82 valence electrons. The molecule has 2 rings (SSSR count). The summed E-state index contributed by atoms with van der Waals surface area (Å²) in [4.78, 5) is 1.36. The van der Waals surface area contributed by atoms with Crippen LogP contribution >= 0.6 is 23.4 Å². The molecule has 2 N–H and O–H groups in total. The second kappa shape index (κ2) is 5.24. The molecule has 0 aromatic heterocycles. The summed E-state index contributed by atoms with van der Waals surface area (Å²) in [7, 11) is 0. The molecule has 0 radical (unpaired) electrons. The molecule has 0 fully saturated rings. The highest BCUT2D eigenvalue weighted by Gasteiger charge is 2.18. The molecule has 1 aromatic rings. The zero-order valence-corrected chi connectivity index (χ0v) is 10.3. The van der Waals surface area contributed by atoms with Gasteiger partial charge in [-0.3, -0.25) is 0 Å². The van der Waals surface area contributed by atoms with Crippen molar-refractivity contribution in [2.24, 2.45) is 5.73 Å². The predicted molar refractivity (Wildman–Crippen MR) is 67.8 cm³/mol. The van der Waals surface area contributed by atoms with Gasteiger partial charge < -0.3 is 5.73 Å². The Hall–Kier alpha value is -0.180. The van der Waals surface area contributed by atoms with Crippen LogP contribution in [0, 0.1) is 0 Å². The Labute approximate surface area is 100 Å². The average Bonchev–Trinajstić information content (AvgIpc) is 2.41. The standard InChI is InChI=1S/C12H16ClNS/c13-10-3-4-11-9(5-6-14)2-1-7-15-12(11)8-10/h3-4,8-9H,1-2,5-7,14H2. The first-order chi connectivity index (χ1) is 7.31. The maximum atomic E-state index is 6.02. The fraction of sp³-hybridized carbons (Fsp3) is 0.500. The third-order valence-corrected chi connectivity index (χ3v) is 4.28. The molecule has 1 atom stereocenters. The lowest BCUT2D eigenvalue weighted by Crippen LogP contribution is -2.07. The first-order valence-corrected chi connectivity index (χ1v) is 6.80. The van der Waals surface area contributed by atoms with E-state index >= 15 is 0 Å². The summed E-state index contributed by atoms with van der Waals surface area (Å²) in [6.45, 7) is 0.775. The Kier molecular flexibility index (Phi) is 3.95. The normalized spacial score (nSPS) is 20.8. The SMILES string of the molecule is NCCC1CCCSc2cc(Cl)ccc21. The van der Waals surface area contributed by atoms with E-state index in [0.717, 1.165) is 18.0 Å². The number of benzene rings is 1. The fourth-order valence-electron chi connectivity index (χ4n) is 2.14. The van der Waals surface area contributed by atoms with Crippen molar-refractivity contribution in [1.82, 2.24) is 0 Å². The Morgan fingerprint density at radius 2 is 2.33 bits per heavy atom. The number of nitrogens with two attached hydrogens (primary N) is 1. The third-order valence-electron chi connectivity index (χ3n) is 2.89. The number of hydrogen-bond acceptors (Lipinski definition) is 2. The monoisotopic (exact) mass is 241 g/mol. The topological polar surface area (TPSA) is 26.0 Å². The van der Waals surface area contributed by atoms with Crippen molar-refractivity contribution in [3.63, 3.8) is 0 Å². The van der Waals surface area contributed by atoms with E-state index < -0.39 is 0 Å². The summed E-state index contributed by atoms with van der Waals surface area (Å²) in [5.74, 6) is 1.84. The van der Waals surface area contributed by atoms with E-state index in [-0.39, 0.29) is 0 Å². The highest BCUT2D eigenvalue weighted by atomic mass is 35.5. The van der Waals surface area contributed by atoms with Crippen molar-refractivity contribution in [3.05, 3.63) is 28.8 Å². The lowest BCUT2D eigenvalue weighted by molar-refractivity contribution is 0.576. The summed E-state index contributed by atoms with van der Waals surface area (Å²) in [5, 5.41) is 0.842. The smallest absolute Gasteiger partial charge is 0.0417 e. The summed E-state index contributed by atoms with van der Waals surface area (Å²) in [6.07, 6.45) is 3.63. The number of fused-ring (bicyclic) bond motifs is 1. The molecule has 0 bridgehead atoms. The van der Waals surface area contributed by atoms with Crippen LogP contribution in [0.1, 0.15) is 30.7 Å². The van der Waals surface area contributed by atoms with Crippen molar-refractivity contribution < 1.29 is 0 Å². The molecule has 1 aliphatic rings. The Morgan fingerprint density at radius 1 is 1.47 bits per heavy atom. The zero-order valence-electron chi connectivity index (χ0n) is 8.71. The second-order valence-electron chi connectivity index (χ2n) is 3.95. The van der Waals surface area contributed by atoms with E-state index in [4.69, 9.17) is 17.3 Å². The first kappa shape index (κ1) is 11.3. The Morgan fingerprint density at radius 3 is 3.13 bits per heavy atom. The van der Waals surface area contributed by atoms with Crippen LogP contribution in [0.25, 0.3) is 0 Å². The molecule has 15 heavy (non-hydrogen) atoms. The van der Waals surface area contributed by atoms with Gasteiger partial charge in [0.15, 0.2) is 0 Å². The minimum Gasteiger partial charge on any atom is -0.330 e. The summed E-state index contributed by atoms with van der Waals surface area (Å²) in [6, 6.07) is 6.27. The van der Waals surface area contributed by atoms with Crippen LogP contribution in [0.5, 0.6) is 0 Å². The van der Waals surface area contributed by atoms with Gasteiger partial charge in [-0.25, -0.2) is 0 Å². The van der Waals surface area contributed by atoms with Crippen molar-refractivity contribution in [2.45, 2.75) is 30.1 Å². The minimum absolute atomic E-state index is 0.636. The molecule has 0 aliphatic carbocycles. The van der Waals surface area contributed by atoms with Gasteiger partial charge in [0.25, 0.3) is 0 Å². The van der Waals surface area contributed by atoms with E-state index in [1.807, 2.05) is 17.8 Å². The highest BCUT2D eigenvalue weighted by molar-refractivity contribution is 7.99. The van der Waals surface area contributed by atoms with Gasteiger partial charge in [-0.05, 0) is 55.2 Å². The molecule has 0 amide bonds. The van der Waals surface area contributed by atoms with E-state index in [9.17, 15) is 0 Å². The molecule has 1 nitrogen and oxygen atoms in total. The van der Waals surface area contributed by atoms with E-state index in [0.29, 0.717) is 5.92 Å². The maximum absolute atomic E-state index is 6.02.